The van der Waals surface area contributed by atoms with Gasteiger partial charge >= 0.3 is 0 Å². The standard InChI is InChI=1S/C7H16N2/c1-6(2)5-7(3)9-8-4/h6,8H,5H2,1-4H3/b9-7+. The summed E-state index contributed by atoms with van der Waals surface area (Å²) in [4.78, 5) is 0. The van der Waals surface area contributed by atoms with Gasteiger partial charge in [0.2, 0.25) is 0 Å². The van der Waals surface area contributed by atoms with Gasteiger partial charge in [-0.3, -0.25) is 0 Å². The monoisotopic (exact) mass is 128 g/mol. The Morgan fingerprint density at radius 1 is 1.56 bits per heavy atom. The van der Waals surface area contributed by atoms with Crippen molar-refractivity contribution in [1.82, 2.24) is 5.43 Å². The van der Waals surface area contributed by atoms with E-state index in [1.54, 1.807) is 0 Å². The lowest BCUT2D eigenvalue weighted by atomic mass is 10.1. The Labute approximate surface area is 57.3 Å². The zero-order chi connectivity index (χ0) is 7.28. The van der Waals surface area contributed by atoms with E-state index in [2.05, 4.69) is 24.4 Å². The molecule has 54 valence electrons. The zero-order valence-electron chi connectivity index (χ0n) is 6.73. The number of hydrogen-bond acceptors (Lipinski definition) is 2. The van der Waals surface area contributed by atoms with Crippen molar-refractivity contribution in [2.24, 2.45) is 11.0 Å². The van der Waals surface area contributed by atoms with Crippen molar-refractivity contribution < 1.29 is 0 Å². The molecule has 0 atom stereocenters. The fraction of sp³-hybridized carbons (Fsp3) is 0.857. The van der Waals surface area contributed by atoms with Crippen LogP contribution in [0.1, 0.15) is 27.2 Å². The molecule has 0 amide bonds. The number of hydrogen-bond donors (Lipinski definition) is 1. The maximum atomic E-state index is 4.03. The Kier molecular flexibility index (Phi) is 4.10. The van der Waals surface area contributed by atoms with Crippen LogP contribution in [0.15, 0.2) is 5.10 Å². The van der Waals surface area contributed by atoms with Crippen LogP contribution in [-0.4, -0.2) is 12.8 Å². The molecule has 0 aliphatic rings. The Hall–Kier alpha value is -0.530. The summed E-state index contributed by atoms with van der Waals surface area (Å²) < 4.78 is 0. The molecule has 0 aromatic heterocycles. The molecule has 0 spiro atoms. The summed E-state index contributed by atoms with van der Waals surface area (Å²) in [6, 6.07) is 0. The fourth-order valence-corrected chi connectivity index (χ4v) is 0.827. The molecule has 0 aliphatic heterocycles. The van der Waals surface area contributed by atoms with Crippen LogP contribution in [0.2, 0.25) is 0 Å². The van der Waals surface area contributed by atoms with Crippen molar-refractivity contribution in [1.29, 1.82) is 0 Å². The van der Waals surface area contributed by atoms with E-state index in [9.17, 15) is 0 Å². The van der Waals surface area contributed by atoms with Crippen LogP contribution in [0, 0.1) is 5.92 Å². The molecule has 0 saturated carbocycles. The average Bonchev–Trinajstić information content (AvgIpc) is 1.63. The highest BCUT2D eigenvalue weighted by molar-refractivity contribution is 5.81. The Morgan fingerprint density at radius 2 is 2.11 bits per heavy atom. The zero-order valence-corrected chi connectivity index (χ0v) is 6.73. The second kappa shape index (κ2) is 4.36. The second-order valence-electron chi connectivity index (χ2n) is 2.67. The van der Waals surface area contributed by atoms with E-state index in [0.717, 1.165) is 6.42 Å². The summed E-state index contributed by atoms with van der Waals surface area (Å²) in [6.07, 6.45) is 1.08. The van der Waals surface area contributed by atoms with Gasteiger partial charge in [-0.05, 0) is 19.3 Å². The van der Waals surface area contributed by atoms with Gasteiger partial charge in [0.25, 0.3) is 0 Å². The molecule has 0 aromatic rings. The highest BCUT2D eigenvalue weighted by Gasteiger charge is 1.94. The molecule has 1 N–H and O–H groups in total. The van der Waals surface area contributed by atoms with Gasteiger partial charge in [-0.1, -0.05) is 13.8 Å². The number of hydrazone groups is 1. The number of rotatable bonds is 3. The van der Waals surface area contributed by atoms with Gasteiger partial charge in [0.1, 0.15) is 0 Å². The molecule has 2 heteroatoms. The van der Waals surface area contributed by atoms with Crippen LogP contribution in [0.3, 0.4) is 0 Å². The van der Waals surface area contributed by atoms with Gasteiger partial charge < -0.3 is 5.43 Å². The Balaban J connectivity index is 3.49. The lowest BCUT2D eigenvalue weighted by Crippen LogP contribution is -2.04. The van der Waals surface area contributed by atoms with Crippen LogP contribution >= 0.6 is 0 Å². The van der Waals surface area contributed by atoms with E-state index in [4.69, 9.17) is 0 Å². The molecular formula is C7H16N2. The first-order chi connectivity index (χ1) is 4.16. The largest absolute Gasteiger partial charge is 0.313 e. The quantitative estimate of drug-likeness (QED) is 0.453. The molecule has 0 heterocycles. The van der Waals surface area contributed by atoms with Crippen LogP contribution in [0.5, 0.6) is 0 Å². The number of nitrogens with one attached hydrogen (secondary N) is 1. The molecule has 0 aliphatic carbocycles. The minimum Gasteiger partial charge on any atom is -0.313 e. The van der Waals surface area contributed by atoms with E-state index in [0.29, 0.717) is 5.92 Å². The lowest BCUT2D eigenvalue weighted by molar-refractivity contribution is 0.677. The van der Waals surface area contributed by atoms with Gasteiger partial charge in [-0.25, -0.2) is 0 Å². The van der Waals surface area contributed by atoms with Gasteiger partial charge in [0.15, 0.2) is 0 Å². The number of nitrogens with zero attached hydrogens (tertiary/aromatic N) is 1. The Bertz CT molecular complexity index is 95.1. The van der Waals surface area contributed by atoms with Gasteiger partial charge in [-0.15, -0.1) is 0 Å². The molecule has 0 aromatic carbocycles. The summed E-state index contributed by atoms with van der Waals surface area (Å²) in [5, 5.41) is 4.03. The third-order valence-electron chi connectivity index (χ3n) is 1.01. The normalized spacial score (nSPS) is 12.3. The molecule has 2 nitrogen and oxygen atoms in total. The van der Waals surface area contributed by atoms with Crippen LogP contribution in [-0.2, 0) is 0 Å². The predicted octanol–water partition coefficient (Wildman–Crippen LogP) is 1.63. The lowest BCUT2D eigenvalue weighted by Gasteiger charge is -2.01. The third kappa shape index (κ3) is 5.34. The van der Waals surface area contributed by atoms with Crippen LogP contribution in [0.4, 0.5) is 0 Å². The summed E-state index contributed by atoms with van der Waals surface area (Å²) in [5.41, 5.74) is 3.93. The van der Waals surface area contributed by atoms with E-state index in [-0.39, 0.29) is 0 Å². The molecular weight excluding hydrogens is 112 g/mol. The second-order valence-corrected chi connectivity index (χ2v) is 2.67. The van der Waals surface area contributed by atoms with Crippen molar-refractivity contribution in [2.45, 2.75) is 27.2 Å². The fourth-order valence-electron chi connectivity index (χ4n) is 0.827. The van der Waals surface area contributed by atoms with Crippen LogP contribution < -0.4 is 5.43 Å². The maximum Gasteiger partial charge on any atom is 0.0349 e. The van der Waals surface area contributed by atoms with E-state index >= 15 is 0 Å². The third-order valence-corrected chi connectivity index (χ3v) is 1.01. The predicted molar refractivity (Wildman–Crippen MR) is 41.6 cm³/mol. The molecule has 0 fully saturated rings. The van der Waals surface area contributed by atoms with Crippen molar-refractivity contribution in [3.63, 3.8) is 0 Å². The summed E-state index contributed by atoms with van der Waals surface area (Å²) >= 11 is 0. The Morgan fingerprint density at radius 3 is 2.44 bits per heavy atom. The molecule has 0 rings (SSSR count). The van der Waals surface area contributed by atoms with Crippen molar-refractivity contribution in [3.05, 3.63) is 0 Å². The minimum absolute atomic E-state index is 0.710. The molecule has 0 unspecified atom stereocenters. The van der Waals surface area contributed by atoms with E-state index in [1.807, 2.05) is 14.0 Å². The summed E-state index contributed by atoms with van der Waals surface area (Å²) in [6.45, 7) is 6.42. The first-order valence-corrected chi connectivity index (χ1v) is 3.36. The minimum atomic E-state index is 0.710. The van der Waals surface area contributed by atoms with E-state index in [1.165, 1.54) is 5.71 Å². The maximum absolute atomic E-state index is 4.03. The SMILES string of the molecule is CN/N=C(\C)CC(C)C. The first kappa shape index (κ1) is 8.47. The molecule has 0 bridgehead atoms. The van der Waals surface area contributed by atoms with Crippen molar-refractivity contribution in [2.75, 3.05) is 7.05 Å². The first-order valence-electron chi connectivity index (χ1n) is 3.36. The van der Waals surface area contributed by atoms with E-state index < -0.39 is 0 Å². The molecule has 9 heavy (non-hydrogen) atoms. The summed E-state index contributed by atoms with van der Waals surface area (Å²) in [7, 11) is 1.82. The average molecular weight is 128 g/mol. The topological polar surface area (TPSA) is 24.4 Å². The highest BCUT2D eigenvalue weighted by Crippen LogP contribution is 1.99. The molecule has 0 saturated heterocycles. The van der Waals surface area contributed by atoms with Crippen molar-refractivity contribution >= 4 is 5.71 Å². The van der Waals surface area contributed by atoms with Crippen LogP contribution in [0.25, 0.3) is 0 Å². The highest BCUT2D eigenvalue weighted by atomic mass is 15.3. The molecule has 0 radical (unpaired) electrons. The smallest absolute Gasteiger partial charge is 0.0349 e. The van der Waals surface area contributed by atoms with Gasteiger partial charge in [0, 0.05) is 12.8 Å². The van der Waals surface area contributed by atoms with Gasteiger partial charge in [0.05, 0.1) is 0 Å². The van der Waals surface area contributed by atoms with Gasteiger partial charge in [-0.2, -0.15) is 5.10 Å². The summed E-state index contributed by atoms with van der Waals surface area (Å²) in [5.74, 6) is 0.710. The van der Waals surface area contributed by atoms with Crippen molar-refractivity contribution in [3.8, 4) is 0 Å².